The predicted octanol–water partition coefficient (Wildman–Crippen LogP) is 11.0. The molecule has 0 spiro atoms. The number of rotatable bonds is 14. The van der Waals surface area contributed by atoms with Crippen LogP contribution in [0.3, 0.4) is 0 Å². The maximum atomic E-state index is 9.30. The van der Waals surface area contributed by atoms with Crippen LogP contribution in [0.25, 0.3) is 22.3 Å². The van der Waals surface area contributed by atoms with Crippen LogP contribution in [0, 0.1) is 0 Å². The Morgan fingerprint density at radius 2 is 1.14 bits per heavy atom. The van der Waals surface area contributed by atoms with Crippen LogP contribution in [-0.2, 0) is 12.5 Å². The lowest BCUT2D eigenvalue weighted by Crippen LogP contribution is -1.99. The molecule has 0 fully saturated rings. The molecule has 42 heavy (non-hydrogen) atoms. The first-order valence-corrected chi connectivity index (χ1v) is 15.1. The molecule has 238 valence electrons. The minimum absolute atomic E-state index is 0. The number of benzene rings is 4. The molecule has 0 amide bonds. The minimum atomic E-state index is 0. The van der Waals surface area contributed by atoms with Crippen molar-refractivity contribution in [1.82, 2.24) is 0 Å². The van der Waals surface area contributed by atoms with Crippen LogP contribution in [0.15, 0.2) is 84.9 Å². The fraction of sp³-hybridized carbons (Fsp3) is 0.333. The zero-order chi connectivity index (χ0) is 42.2. The molecule has 0 heterocycles. The maximum absolute atomic E-state index is 9.30. The Balaban J connectivity index is -0.000000235. The number of hydrogen-bond donors (Lipinski definition) is 1. The molecule has 0 aliphatic carbocycles. The Morgan fingerprint density at radius 3 is 1.57 bits per heavy atom. The Kier molecular flexibility index (Phi) is 10.7. The Morgan fingerprint density at radius 1 is 0.667 bits per heavy atom. The molecular weight excluding hydrogens is 548 g/mol. The van der Waals surface area contributed by atoms with Crippen LogP contribution in [0.4, 0.5) is 0 Å². The summed E-state index contributed by atoms with van der Waals surface area (Å²) in [7, 11) is 3.33. The SMILES string of the molecule is CCCCOc1cc(CCl)ccc1-c1cccc(OC)c1.CCCCOc1cc(CO)ccc1-c1cccc(OC)c1.[3HH].[3H][3H].[3H][3H].[3H][3H].[3H][3H].[3H][3H].[3H][3H]. The first-order valence-electron chi connectivity index (χ1n) is 20.5. The summed E-state index contributed by atoms with van der Waals surface area (Å²) in [6, 6.07) is 27.8. The van der Waals surface area contributed by atoms with E-state index in [9.17, 15) is 5.11 Å². The topological polar surface area (TPSA) is 57.2 Å². The second-order valence-corrected chi connectivity index (χ2v) is 10.1. The Hall–Kier alpha value is -3.67. The average molecular weight is 631 g/mol. The molecular formula is C36H57ClO5. The van der Waals surface area contributed by atoms with Crippen molar-refractivity contribution in [3.8, 4) is 45.3 Å². The molecule has 4 rings (SSSR count). The van der Waals surface area contributed by atoms with Gasteiger partial charge in [0.05, 0.1) is 34.0 Å². The number of ether oxygens (including phenoxy) is 4. The molecule has 6 heteroatoms. The van der Waals surface area contributed by atoms with Crippen LogP contribution in [0.2, 0.25) is 0 Å². The van der Waals surface area contributed by atoms with Gasteiger partial charge in [0.15, 0.2) is 0 Å². The lowest BCUT2D eigenvalue weighted by Gasteiger charge is -2.13. The van der Waals surface area contributed by atoms with Gasteiger partial charge in [-0.2, -0.15) is 0 Å². The van der Waals surface area contributed by atoms with E-state index in [-0.39, 0.29) is 8.03 Å². The third kappa shape index (κ3) is 9.71. The zero-order valence-electron chi connectivity index (χ0n) is 37.2. The highest BCUT2D eigenvalue weighted by Crippen LogP contribution is 2.34. The molecule has 1 N–H and O–H groups in total. The van der Waals surface area contributed by atoms with Crippen LogP contribution in [0.1, 0.15) is 69.9 Å². The summed E-state index contributed by atoms with van der Waals surface area (Å²) in [5.41, 5.74) is 6.14. The van der Waals surface area contributed by atoms with Crippen molar-refractivity contribution < 1.29 is 43.3 Å². The summed E-state index contributed by atoms with van der Waals surface area (Å²) in [6.45, 7) is 5.71. The smallest absolute Gasteiger partial charge is 0.127 e. The summed E-state index contributed by atoms with van der Waals surface area (Å²) >= 11 is 5.93. The van der Waals surface area contributed by atoms with Crippen molar-refractivity contribution in [3.63, 3.8) is 0 Å². The van der Waals surface area contributed by atoms with Gasteiger partial charge in [-0.1, -0.05) is 75.2 Å². The quantitative estimate of drug-likeness (QED) is 0.111. The molecule has 0 atom stereocenters. The standard InChI is InChI=1S/C18H21ClO2.C18H22O3.7H2/c2*1-3-4-10-21-18-11-14(13-19)8-9-17(18)15-6-5-7-16(12-15)20-2;;;;;;;/h5-9,11-12H,3-4,10,13H2,1-2H3;5-9,11-12,19H,3-4,10,13H2,1-2H3;7*1H/i;;6*1+2T;1+2. The van der Waals surface area contributed by atoms with Crippen molar-refractivity contribution in [2.75, 3.05) is 27.4 Å². The monoisotopic (exact) mass is 630 g/mol. The third-order valence-corrected chi connectivity index (χ3v) is 7.01. The van der Waals surface area contributed by atoms with Gasteiger partial charge in [-0.15, -0.1) is 11.6 Å². The van der Waals surface area contributed by atoms with E-state index in [1.165, 1.54) is 0 Å². The Bertz CT molecular complexity index is 1310. The molecule has 0 aliphatic heterocycles. The van der Waals surface area contributed by atoms with E-state index in [4.69, 9.17) is 48.4 Å². The normalized spacial score (nSPS) is 11.6. The summed E-state index contributed by atoms with van der Waals surface area (Å²) in [5.74, 6) is 3.84. The van der Waals surface area contributed by atoms with E-state index < -0.39 is 0 Å². The van der Waals surface area contributed by atoms with Crippen molar-refractivity contribution in [2.24, 2.45) is 0 Å². The van der Waals surface area contributed by atoms with E-state index in [1.54, 1.807) is 14.2 Å². The number of aliphatic hydroxyl groups excluding tert-OH is 1. The first-order chi connectivity index (χ1) is 26.6. The maximum Gasteiger partial charge on any atom is 0.127 e. The summed E-state index contributed by atoms with van der Waals surface area (Å²) in [6.07, 6.45) is 4.27. The van der Waals surface area contributed by atoms with E-state index in [2.05, 4.69) is 26.0 Å². The van der Waals surface area contributed by atoms with Gasteiger partial charge in [0.2, 0.25) is 0 Å². The average Bonchev–Trinajstić information content (AvgIpc) is 3.28. The van der Waals surface area contributed by atoms with Gasteiger partial charge in [0, 0.05) is 36.3 Å². The highest BCUT2D eigenvalue weighted by atomic mass is 35.5. The van der Waals surface area contributed by atoms with Gasteiger partial charge in [0.1, 0.15) is 23.0 Å². The summed E-state index contributed by atoms with van der Waals surface area (Å²) in [5, 5.41) is 9.30. The molecule has 0 bridgehead atoms. The van der Waals surface area contributed by atoms with Crippen LogP contribution < -0.4 is 18.9 Å². The van der Waals surface area contributed by atoms with E-state index in [0.717, 1.165) is 88.7 Å². The zero-order valence-corrected chi connectivity index (χ0v) is 26.0. The molecule has 4 aromatic rings. The van der Waals surface area contributed by atoms with Crippen molar-refractivity contribution in [3.05, 3.63) is 96.1 Å². The number of alkyl halides is 1. The molecule has 4 aromatic carbocycles. The van der Waals surface area contributed by atoms with Gasteiger partial charge in [-0.25, -0.2) is 0 Å². The summed E-state index contributed by atoms with van der Waals surface area (Å²) < 4.78 is 82.4. The molecule has 5 nitrogen and oxygen atoms in total. The lowest BCUT2D eigenvalue weighted by atomic mass is 10.0. The van der Waals surface area contributed by atoms with E-state index in [0.29, 0.717) is 12.5 Å². The highest BCUT2D eigenvalue weighted by molar-refractivity contribution is 6.17. The molecule has 0 unspecified atom stereocenters. The second-order valence-electron chi connectivity index (χ2n) is 9.82. The number of methoxy groups -OCH3 is 2. The van der Waals surface area contributed by atoms with Gasteiger partial charge in [-0.3, -0.25) is 0 Å². The fourth-order valence-electron chi connectivity index (χ4n) is 4.26. The van der Waals surface area contributed by atoms with Gasteiger partial charge in [-0.05, 0) is 71.5 Å². The fourth-order valence-corrected chi connectivity index (χ4v) is 4.43. The van der Waals surface area contributed by atoms with E-state index >= 15 is 0 Å². The summed E-state index contributed by atoms with van der Waals surface area (Å²) in [4.78, 5) is 0. The van der Waals surface area contributed by atoms with Crippen LogP contribution >= 0.6 is 11.6 Å². The molecule has 0 saturated carbocycles. The number of aliphatic hydroxyl groups is 1. The van der Waals surface area contributed by atoms with E-state index in [1.807, 2.05) is 72.8 Å². The highest BCUT2D eigenvalue weighted by Gasteiger charge is 2.10. The van der Waals surface area contributed by atoms with Crippen molar-refractivity contribution in [1.29, 1.82) is 0 Å². The second kappa shape index (κ2) is 18.0. The number of unbranched alkanes of at least 4 members (excludes halogenated alkanes) is 2. The van der Waals surface area contributed by atoms with Gasteiger partial charge < -0.3 is 24.1 Å². The number of halogens is 1. The third-order valence-electron chi connectivity index (χ3n) is 6.70. The van der Waals surface area contributed by atoms with Crippen LogP contribution in [-0.4, -0.2) is 32.5 Å². The first kappa shape index (κ1) is 24.9. The molecule has 0 aromatic heterocycles. The lowest BCUT2D eigenvalue weighted by molar-refractivity contribution is 0.278. The Labute approximate surface area is 276 Å². The van der Waals surface area contributed by atoms with Crippen molar-refractivity contribution in [2.45, 2.75) is 52.0 Å². The van der Waals surface area contributed by atoms with Gasteiger partial charge in [0.25, 0.3) is 0 Å². The molecule has 0 saturated heterocycles. The number of hydrogen-bond acceptors (Lipinski definition) is 5. The van der Waals surface area contributed by atoms with Gasteiger partial charge >= 0.3 is 0 Å². The molecule has 0 radical (unpaired) electrons. The van der Waals surface area contributed by atoms with Crippen LogP contribution in [0.5, 0.6) is 23.0 Å². The predicted molar refractivity (Wildman–Crippen MR) is 188 cm³/mol. The minimum Gasteiger partial charge on any atom is -0.497 e. The largest absolute Gasteiger partial charge is 0.497 e. The van der Waals surface area contributed by atoms with Crippen molar-refractivity contribution >= 4 is 11.6 Å². The molecule has 0 aliphatic rings.